The molecule has 104 valence electrons. The summed E-state index contributed by atoms with van der Waals surface area (Å²) in [4.78, 5) is 20.3. The zero-order valence-electron chi connectivity index (χ0n) is 10.9. The number of benzene rings is 1. The molecule has 2 heterocycles. The van der Waals surface area contributed by atoms with E-state index in [4.69, 9.17) is 17.3 Å². The van der Waals surface area contributed by atoms with Gasteiger partial charge in [0.25, 0.3) is 5.91 Å². The van der Waals surface area contributed by atoms with E-state index in [-0.39, 0.29) is 11.6 Å². The van der Waals surface area contributed by atoms with Gasteiger partial charge in [-0.3, -0.25) is 4.79 Å². The van der Waals surface area contributed by atoms with Gasteiger partial charge in [0.05, 0.1) is 5.02 Å². The summed E-state index contributed by atoms with van der Waals surface area (Å²) in [6.07, 6.45) is 1.46. The standard InChI is InChI=1S/C15H11ClN4O/c16-10-5-6-13(18-8-10)20-15(21)12-7-9-3-1-2-4-11(9)14(17)19-12/h1-8H,(H2,17,19)(H,18,20,21). The molecule has 6 heteroatoms. The van der Waals surface area contributed by atoms with Crippen molar-refractivity contribution >= 4 is 39.9 Å². The first-order valence-electron chi connectivity index (χ1n) is 6.21. The smallest absolute Gasteiger partial charge is 0.275 e. The number of halogens is 1. The van der Waals surface area contributed by atoms with Crippen molar-refractivity contribution in [2.45, 2.75) is 0 Å². The number of aromatic nitrogens is 2. The topological polar surface area (TPSA) is 80.9 Å². The normalized spacial score (nSPS) is 10.5. The van der Waals surface area contributed by atoms with Gasteiger partial charge in [-0.25, -0.2) is 9.97 Å². The van der Waals surface area contributed by atoms with Gasteiger partial charge in [0.15, 0.2) is 0 Å². The largest absolute Gasteiger partial charge is 0.383 e. The van der Waals surface area contributed by atoms with E-state index in [0.717, 1.165) is 10.8 Å². The Morgan fingerprint density at radius 1 is 1.19 bits per heavy atom. The van der Waals surface area contributed by atoms with Crippen LogP contribution in [0.5, 0.6) is 0 Å². The number of nitrogens with one attached hydrogen (secondary N) is 1. The minimum Gasteiger partial charge on any atom is -0.383 e. The summed E-state index contributed by atoms with van der Waals surface area (Å²) in [7, 11) is 0. The molecule has 0 unspecified atom stereocenters. The Labute approximate surface area is 125 Å². The second kappa shape index (κ2) is 5.38. The van der Waals surface area contributed by atoms with Crippen LogP contribution in [-0.2, 0) is 0 Å². The number of anilines is 2. The van der Waals surface area contributed by atoms with Gasteiger partial charge >= 0.3 is 0 Å². The maximum absolute atomic E-state index is 12.2. The van der Waals surface area contributed by atoms with Crippen LogP contribution < -0.4 is 11.1 Å². The highest BCUT2D eigenvalue weighted by Crippen LogP contribution is 2.20. The average Bonchev–Trinajstić information content (AvgIpc) is 2.49. The van der Waals surface area contributed by atoms with E-state index in [1.54, 1.807) is 18.2 Å². The highest BCUT2D eigenvalue weighted by Gasteiger charge is 2.11. The van der Waals surface area contributed by atoms with Crippen molar-refractivity contribution < 1.29 is 4.79 Å². The molecule has 3 N–H and O–H groups in total. The van der Waals surface area contributed by atoms with Crippen molar-refractivity contribution in [2.24, 2.45) is 0 Å². The quantitative estimate of drug-likeness (QED) is 0.761. The van der Waals surface area contributed by atoms with Crippen molar-refractivity contribution in [1.82, 2.24) is 9.97 Å². The van der Waals surface area contributed by atoms with Crippen LogP contribution in [0, 0.1) is 0 Å². The number of nitrogens with zero attached hydrogens (tertiary/aromatic N) is 2. The number of pyridine rings is 2. The first-order valence-corrected chi connectivity index (χ1v) is 6.59. The lowest BCUT2D eigenvalue weighted by atomic mass is 10.1. The third-order valence-electron chi connectivity index (χ3n) is 2.97. The summed E-state index contributed by atoms with van der Waals surface area (Å²) in [5.74, 6) is 0.350. The zero-order valence-corrected chi connectivity index (χ0v) is 11.6. The predicted molar refractivity (Wildman–Crippen MR) is 83.4 cm³/mol. The second-order valence-electron chi connectivity index (χ2n) is 4.43. The molecule has 1 amide bonds. The van der Waals surface area contributed by atoms with Crippen molar-refractivity contribution in [3.05, 3.63) is 59.4 Å². The minimum absolute atomic E-state index is 0.239. The lowest BCUT2D eigenvalue weighted by Gasteiger charge is -2.07. The molecule has 5 nitrogen and oxygen atoms in total. The predicted octanol–water partition coefficient (Wildman–Crippen LogP) is 3.12. The molecule has 0 saturated carbocycles. The van der Waals surface area contributed by atoms with Crippen LogP contribution in [0.25, 0.3) is 10.8 Å². The van der Waals surface area contributed by atoms with Gasteiger partial charge < -0.3 is 11.1 Å². The number of hydrogen-bond donors (Lipinski definition) is 2. The molecule has 0 saturated heterocycles. The molecule has 0 bridgehead atoms. The molecule has 21 heavy (non-hydrogen) atoms. The van der Waals surface area contributed by atoms with Crippen LogP contribution in [0.3, 0.4) is 0 Å². The number of hydrogen-bond acceptors (Lipinski definition) is 4. The van der Waals surface area contributed by atoms with E-state index in [1.165, 1.54) is 6.20 Å². The molecule has 0 radical (unpaired) electrons. The number of nitrogen functional groups attached to an aromatic ring is 1. The highest BCUT2D eigenvalue weighted by molar-refractivity contribution is 6.30. The Kier molecular flexibility index (Phi) is 3.41. The van der Waals surface area contributed by atoms with Gasteiger partial charge in [-0.1, -0.05) is 35.9 Å². The fraction of sp³-hybridized carbons (Fsp3) is 0. The number of rotatable bonds is 2. The van der Waals surface area contributed by atoms with Crippen LogP contribution in [-0.4, -0.2) is 15.9 Å². The Hall–Kier alpha value is -2.66. The SMILES string of the molecule is Nc1nc(C(=O)Nc2ccc(Cl)cn2)cc2ccccc12. The molecule has 0 aliphatic heterocycles. The summed E-state index contributed by atoms with van der Waals surface area (Å²) in [5, 5.41) is 4.83. The molecule has 0 aliphatic carbocycles. The maximum Gasteiger partial charge on any atom is 0.275 e. The van der Waals surface area contributed by atoms with E-state index < -0.39 is 0 Å². The lowest BCUT2D eigenvalue weighted by Crippen LogP contribution is -2.15. The molecule has 0 aliphatic rings. The summed E-state index contributed by atoms with van der Waals surface area (Å²) in [6.45, 7) is 0. The average molecular weight is 299 g/mol. The zero-order chi connectivity index (χ0) is 14.8. The number of fused-ring (bicyclic) bond motifs is 1. The van der Waals surface area contributed by atoms with E-state index >= 15 is 0 Å². The molecular weight excluding hydrogens is 288 g/mol. The van der Waals surface area contributed by atoms with Gasteiger partial charge in [0, 0.05) is 11.6 Å². The number of carbonyl (C=O) groups excluding carboxylic acids is 1. The molecule has 3 aromatic rings. The molecule has 2 aromatic heterocycles. The first-order chi connectivity index (χ1) is 10.1. The van der Waals surface area contributed by atoms with Crippen LogP contribution in [0.4, 0.5) is 11.6 Å². The Bertz CT molecular complexity index is 818. The van der Waals surface area contributed by atoms with Crippen LogP contribution >= 0.6 is 11.6 Å². The Morgan fingerprint density at radius 2 is 2.00 bits per heavy atom. The number of carbonyl (C=O) groups is 1. The summed E-state index contributed by atoms with van der Waals surface area (Å²) < 4.78 is 0. The summed E-state index contributed by atoms with van der Waals surface area (Å²) in [5.41, 5.74) is 6.12. The summed E-state index contributed by atoms with van der Waals surface area (Å²) in [6, 6.07) is 12.4. The third kappa shape index (κ3) is 2.78. The van der Waals surface area contributed by atoms with Crippen LogP contribution in [0.15, 0.2) is 48.7 Å². The van der Waals surface area contributed by atoms with Crippen LogP contribution in [0.1, 0.15) is 10.5 Å². The number of amides is 1. The van der Waals surface area contributed by atoms with Crippen molar-refractivity contribution in [3.63, 3.8) is 0 Å². The van der Waals surface area contributed by atoms with Crippen LogP contribution in [0.2, 0.25) is 5.02 Å². The first kappa shape index (κ1) is 13.3. The van der Waals surface area contributed by atoms with E-state index in [0.29, 0.717) is 16.7 Å². The van der Waals surface area contributed by atoms with Gasteiger partial charge in [-0.05, 0) is 23.6 Å². The van der Waals surface area contributed by atoms with Crippen molar-refractivity contribution in [2.75, 3.05) is 11.1 Å². The van der Waals surface area contributed by atoms with E-state index in [9.17, 15) is 4.79 Å². The van der Waals surface area contributed by atoms with Crippen molar-refractivity contribution in [3.8, 4) is 0 Å². The fourth-order valence-electron chi connectivity index (χ4n) is 1.97. The van der Waals surface area contributed by atoms with Gasteiger partial charge in [-0.15, -0.1) is 0 Å². The summed E-state index contributed by atoms with van der Waals surface area (Å²) >= 11 is 5.75. The Balaban J connectivity index is 1.92. The second-order valence-corrected chi connectivity index (χ2v) is 4.87. The monoisotopic (exact) mass is 298 g/mol. The maximum atomic E-state index is 12.2. The Morgan fingerprint density at radius 3 is 2.76 bits per heavy atom. The molecular formula is C15H11ClN4O. The number of nitrogens with two attached hydrogens (primary N) is 1. The van der Waals surface area contributed by atoms with Gasteiger partial charge in [0.2, 0.25) is 0 Å². The van der Waals surface area contributed by atoms with E-state index in [1.807, 2.05) is 24.3 Å². The third-order valence-corrected chi connectivity index (χ3v) is 3.20. The molecule has 1 aromatic carbocycles. The van der Waals surface area contributed by atoms with Crippen molar-refractivity contribution in [1.29, 1.82) is 0 Å². The fourth-order valence-corrected chi connectivity index (χ4v) is 2.08. The lowest BCUT2D eigenvalue weighted by molar-refractivity contribution is 0.102. The van der Waals surface area contributed by atoms with Gasteiger partial charge in [0.1, 0.15) is 17.3 Å². The molecule has 0 atom stereocenters. The molecule has 0 fully saturated rings. The van der Waals surface area contributed by atoms with E-state index in [2.05, 4.69) is 15.3 Å². The van der Waals surface area contributed by atoms with Gasteiger partial charge in [-0.2, -0.15) is 0 Å². The highest BCUT2D eigenvalue weighted by atomic mass is 35.5. The molecule has 0 spiro atoms. The molecule has 3 rings (SSSR count). The minimum atomic E-state index is -0.373.